The number of nitrogens with zero attached hydrogens (tertiary/aromatic N) is 3. The highest BCUT2D eigenvalue weighted by Gasteiger charge is 2.41. The standard InChI is InChI=1S/C29H40FN3O3S/c1-21(2)26-31-25(19-37-26)27(34)33-14-16-36-29(20-33)10-12-32(13-11-29)18-22-8-9-24(30)23(17-22)7-6-15-35-28(3,4)5/h6-9,17,19,21H,10-16,18,20H2,1-5H3/b7-6+. The fourth-order valence-corrected chi connectivity index (χ4v) is 5.61. The molecule has 37 heavy (non-hydrogen) atoms. The molecular weight excluding hydrogens is 489 g/mol. The first-order valence-corrected chi connectivity index (χ1v) is 14.1. The number of likely N-dealkylation sites (tertiary alicyclic amines) is 1. The zero-order chi connectivity index (χ0) is 26.6. The van der Waals surface area contributed by atoms with Crippen molar-refractivity contribution >= 4 is 23.3 Å². The number of benzene rings is 1. The van der Waals surface area contributed by atoms with Gasteiger partial charge in [0.05, 0.1) is 36.0 Å². The molecule has 0 aliphatic carbocycles. The van der Waals surface area contributed by atoms with Crippen molar-refractivity contribution in [3.05, 3.63) is 57.3 Å². The van der Waals surface area contributed by atoms with E-state index in [1.165, 1.54) is 0 Å². The molecule has 3 heterocycles. The Morgan fingerprint density at radius 2 is 2.03 bits per heavy atom. The molecule has 4 rings (SSSR count). The number of piperidine rings is 1. The number of carbonyl (C=O) groups is 1. The largest absolute Gasteiger partial charge is 0.372 e. The number of halogens is 1. The summed E-state index contributed by atoms with van der Waals surface area (Å²) in [6.45, 7) is 14.9. The molecule has 0 radical (unpaired) electrons. The third kappa shape index (κ3) is 7.47. The average Bonchev–Trinajstić information content (AvgIpc) is 3.35. The molecule has 1 aromatic carbocycles. The number of morpholine rings is 1. The quantitative estimate of drug-likeness (QED) is 0.458. The number of thiazole rings is 1. The topological polar surface area (TPSA) is 54.9 Å². The van der Waals surface area contributed by atoms with E-state index in [1.807, 2.05) is 49.3 Å². The van der Waals surface area contributed by atoms with Crippen molar-refractivity contribution in [3.8, 4) is 0 Å². The summed E-state index contributed by atoms with van der Waals surface area (Å²) in [7, 11) is 0. The first-order chi connectivity index (χ1) is 17.5. The van der Waals surface area contributed by atoms with Gasteiger partial charge in [0.1, 0.15) is 11.5 Å². The fourth-order valence-electron chi connectivity index (χ4n) is 4.80. The summed E-state index contributed by atoms with van der Waals surface area (Å²) in [5, 5.41) is 2.88. The molecule has 0 unspecified atom stereocenters. The van der Waals surface area contributed by atoms with Crippen molar-refractivity contribution in [3.63, 3.8) is 0 Å². The maximum absolute atomic E-state index is 14.4. The smallest absolute Gasteiger partial charge is 0.273 e. The van der Waals surface area contributed by atoms with Crippen molar-refractivity contribution < 1.29 is 18.7 Å². The number of amides is 1. The van der Waals surface area contributed by atoms with Gasteiger partial charge < -0.3 is 14.4 Å². The van der Waals surface area contributed by atoms with Gasteiger partial charge in [-0.25, -0.2) is 9.37 Å². The van der Waals surface area contributed by atoms with Crippen LogP contribution in [0.15, 0.2) is 29.7 Å². The Hall–Kier alpha value is -2.13. The molecule has 2 aliphatic heterocycles. The van der Waals surface area contributed by atoms with Crippen LogP contribution in [-0.4, -0.2) is 71.3 Å². The van der Waals surface area contributed by atoms with Crippen molar-refractivity contribution in [1.29, 1.82) is 0 Å². The van der Waals surface area contributed by atoms with Gasteiger partial charge in [0.15, 0.2) is 0 Å². The highest BCUT2D eigenvalue weighted by Crippen LogP contribution is 2.32. The van der Waals surface area contributed by atoms with Crippen LogP contribution < -0.4 is 0 Å². The Morgan fingerprint density at radius 1 is 1.27 bits per heavy atom. The molecule has 0 atom stereocenters. The number of hydrogen-bond donors (Lipinski definition) is 0. The second-order valence-corrected chi connectivity index (χ2v) is 12.3. The van der Waals surface area contributed by atoms with Gasteiger partial charge in [-0.3, -0.25) is 9.69 Å². The minimum atomic E-state index is -0.301. The third-order valence-electron chi connectivity index (χ3n) is 6.91. The number of rotatable bonds is 7. The van der Waals surface area contributed by atoms with Crippen LogP contribution in [0.2, 0.25) is 0 Å². The lowest BCUT2D eigenvalue weighted by atomic mass is 9.89. The summed E-state index contributed by atoms with van der Waals surface area (Å²) in [6.07, 6.45) is 5.39. The lowest BCUT2D eigenvalue weighted by Crippen LogP contribution is -2.58. The van der Waals surface area contributed by atoms with Crippen LogP contribution >= 0.6 is 11.3 Å². The molecule has 8 heteroatoms. The number of hydrogen-bond acceptors (Lipinski definition) is 6. The van der Waals surface area contributed by atoms with Crippen LogP contribution in [-0.2, 0) is 16.0 Å². The molecule has 1 spiro atoms. The Balaban J connectivity index is 1.32. The van der Waals surface area contributed by atoms with Crippen LogP contribution in [0.1, 0.15) is 80.0 Å². The van der Waals surface area contributed by atoms with Gasteiger partial charge >= 0.3 is 0 Å². The van der Waals surface area contributed by atoms with Crippen LogP contribution in [0.25, 0.3) is 6.08 Å². The van der Waals surface area contributed by atoms with Gasteiger partial charge in [-0.05, 0) is 51.3 Å². The lowest BCUT2D eigenvalue weighted by molar-refractivity contribution is -0.128. The zero-order valence-corrected chi connectivity index (χ0v) is 23.6. The van der Waals surface area contributed by atoms with Crippen molar-refractivity contribution in [2.45, 2.75) is 71.1 Å². The summed E-state index contributed by atoms with van der Waals surface area (Å²) in [5.74, 6) is 0.102. The molecule has 2 saturated heterocycles. The molecule has 202 valence electrons. The predicted octanol–water partition coefficient (Wildman–Crippen LogP) is 5.74. The van der Waals surface area contributed by atoms with Gasteiger partial charge in [0.2, 0.25) is 0 Å². The average molecular weight is 530 g/mol. The first-order valence-electron chi connectivity index (χ1n) is 13.2. The molecule has 2 aliphatic rings. The Kier molecular flexibility index (Phi) is 8.84. The molecule has 0 N–H and O–H groups in total. The summed E-state index contributed by atoms with van der Waals surface area (Å²) in [4.78, 5) is 22.0. The fraction of sp³-hybridized carbons (Fsp3) is 0.586. The SMILES string of the molecule is CC(C)c1nc(C(=O)N2CCOC3(CCN(Cc4ccc(F)c(/C=C/COC(C)(C)C)c4)CC3)C2)cs1. The molecule has 1 amide bonds. The van der Waals surface area contributed by atoms with Gasteiger partial charge in [-0.2, -0.15) is 0 Å². The van der Waals surface area contributed by atoms with Crippen molar-refractivity contribution in [2.75, 3.05) is 39.4 Å². The molecule has 0 saturated carbocycles. The lowest BCUT2D eigenvalue weighted by Gasteiger charge is -2.47. The van der Waals surface area contributed by atoms with E-state index in [4.69, 9.17) is 9.47 Å². The van der Waals surface area contributed by atoms with E-state index in [0.717, 1.165) is 43.0 Å². The molecule has 1 aromatic heterocycles. The molecule has 2 fully saturated rings. The highest BCUT2D eigenvalue weighted by atomic mass is 32.1. The molecule has 0 bridgehead atoms. The van der Waals surface area contributed by atoms with E-state index in [0.29, 0.717) is 43.5 Å². The van der Waals surface area contributed by atoms with Crippen LogP contribution in [0.3, 0.4) is 0 Å². The number of carbonyl (C=O) groups excluding carboxylic acids is 1. The zero-order valence-electron chi connectivity index (χ0n) is 22.8. The summed E-state index contributed by atoms with van der Waals surface area (Å²) >= 11 is 1.56. The minimum absolute atomic E-state index is 0.00745. The van der Waals surface area contributed by atoms with Gasteiger partial charge in [0, 0.05) is 43.0 Å². The normalized spacial score (nSPS) is 18.8. The number of aromatic nitrogens is 1. The Labute approximate surface area is 224 Å². The summed E-state index contributed by atoms with van der Waals surface area (Å²) < 4.78 is 26.3. The molecular formula is C29H40FN3O3S. The van der Waals surface area contributed by atoms with Gasteiger partial charge in [-0.1, -0.05) is 32.1 Å². The van der Waals surface area contributed by atoms with E-state index in [-0.39, 0.29) is 22.9 Å². The van der Waals surface area contributed by atoms with Crippen LogP contribution in [0.4, 0.5) is 4.39 Å². The number of ether oxygens (including phenoxy) is 2. The second-order valence-electron chi connectivity index (χ2n) is 11.4. The highest BCUT2D eigenvalue weighted by molar-refractivity contribution is 7.09. The Morgan fingerprint density at radius 3 is 2.70 bits per heavy atom. The van der Waals surface area contributed by atoms with Crippen LogP contribution in [0.5, 0.6) is 0 Å². The maximum Gasteiger partial charge on any atom is 0.273 e. The predicted molar refractivity (Wildman–Crippen MR) is 146 cm³/mol. The van der Waals surface area contributed by atoms with E-state index in [9.17, 15) is 9.18 Å². The maximum atomic E-state index is 14.4. The monoisotopic (exact) mass is 529 g/mol. The minimum Gasteiger partial charge on any atom is -0.372 e. The molecule has 6 nitrogen and oxygen atoms in total. The van der Waals surface area contributed by atoms with Crippen molar-refractivity contribution in [2.24, 2.45) is 0 Å². The first kappa shape index (κ1) is 27.9. The second kappa shape index (κ2) is 11.7. The van der Waals surface area contributed by atoms with Gasteiger partial charge in [0.25, 0.3) is 5.91 Å². The summed E-state index contributed by atoms with van der Waals surface area (Å²) in [5.41, 5.74) is 1.69. The van der Waals surface area contributed by atoms with E-state index >= 15 is 0 Å². The van der Waals surface area contributed by atoms with E-state index in [2.05, 4.69) is 23.7 Å². The molecule has 2 aromatic rings. The van der Waals surface area contributed by atoms with E-state index in [1.54, 1.807) is 23.5 Å². The van der Waals surface area contributed by atoms with Crippen molar-refractivity contribution in [1.82, 2.24) is 14.8 Å². The Bertz CT molecular complexity index is 1100. The van der Waals surface area contributed by atoms with Gasteiger partial charge in [-0.15, -0.1) is 11.3 Å². The third-order valence-corrected chi connectivity index (χ3v) is 8.06. The summed E-state index contributed by atoms with van der Waals surface area (Å²) in [6, 6.07) is 5.32. The van der Waals surface area contributed by atoms with E-state index < -0.39 is 0 Å². The van der Waals surface area contributed by atoms with Crippen LogP contribution in [0, 0.1) is 5.82 Å².